The normalized spacial score (nSPS) is 20.6. The monoisotopic (exact) mass is 322 g/mol. The van der Waals surface area contributed by atoms with E-state index < -0.39 is 10.0 Å². The molecule has 1 atom stereocenters. The van der Waals surface area contributed by atoms with E-state index in [2.05, 4.69) is 10.0 Å². The molecule has 2 rings (SSSR count). The fourth-order valence-electron chi connectivity index (χ4n) is 2.20. The van der Waals surface area contributed by atoms with E-state index in [1.807, 2.05) is 6.92 Å². The lowest BCUT2D eigenvalue weighted by Gasteiger charge is -2.22. The van der Waals surface area contributed by atoms with Gasteiger partial charge in [-0.3, -0.25) is 0 Å². The number of thiophene rings is 1. The number of aryl methyl sites for hydroxylation is 1. The lowest BCUT2D eigenvalue weighted by Crippen LogP contribution is -2.33. The van der Waals surface area contributed by atoms with Gasteiger partial charge in [-0.15, -0.1) is 11.3 Å². The molecule has 1 fully saturated rings. The molecule has 2 N–H and O–H groups in total. The Hall–Kier alpha value is -0.140. The van der Waals surface area contributed by atoms with Crippen LogP contribution >= 0.6 is 22.9 Å². The highest BCUT2D eigenvalue weighted by atomic mass is 35.5. The summed E-state index contributed by atoms with van der Waals surface area (Å²) in [6, 6.07) is 1.62. The fraction of sp³-hybridized carbons (Fsp3) is 0.667. The molecule has 0 bridgehead atoms. The van der Waals surface area contributed by atoms with Gasteiger partial charge < -0.3 is 5.32 Å². The van der Waals surface area contributed by atoms with E-state index >= 15 is 0 Å². The van der Waals surface area contributed by atoms with Crippen LogP contribution in [0.25, 0.3) is 0 Å². The Morgan fingerprint density at radius 1 is 1.58 bits per heavy atom. The maximum atomic E-state index is 12.1. The zero-order valence-electron chi connectivity index (χ0n) is 10.9. The van der Waals surface area contributed by atoms with E-state index in [-0.39, 0.29) is 0 Å². The van der Waals surface area contributed by atoms with Crippen LogP contribution in [0, 0.1) is 12.8 Å². The first-order chi connectivity index (χ1) is 8.99. The molecule has 0 aromatic carbocycles. The molecule has 0 radical (unpaired) electrons. The molecule has 0 aliphatic carbocycles. The van der Waals surface area contributed by atoms with Gasteiger partial charge in [0.2, 0.25) is 10.0 Å². The first-order valence-electron chi connectivity index (χ1n) is 6.45. The summed E-state index contributed by atoms with van der Waals surface area (Å²) in [5.74, 6) is 0.574. The third-order valence-corrected chi connectivity index (χ3v) is 6.83. The van der Waals surface area contributed by atoms with Crippen LogP contribution in [0.1, 0.15) is 24.8 Å². The highest BCUT2D eigenvalue weighted by Gasteiger charge is 2.19. The second-order valence-corrected chi connectivity index (χ2v) is 8.57. The first-order valence-corrected chi connectivity index (χ1v) is 9.13. The van der Waals surface area contributed by atoms with Gasteiger partial charge in [0, 0.05) is 6.54 Å². The lowest BCUT2D eigenvalue weighted by molar-refractivity contribution is 0.358. The number of halogens is 1. The van der Waals surface area contributed by atoms with Crippen LogP contribution in [-0.2, 0) is 10.0 Å². The minimum atomic E-state index is -3.40. The van der Waals surface area contributed by atoms with Crippen LogP contribution in [0.15, 0.2) is 10.3 Å². The molecule has 2 heterocycles. The predicted octanol–water partition coefficient (Wildman–Crippen LogP) is 2.38. The fourth-order valence-corrected chi connectivity index (χ4v) is 5.00. The second kappa shape index (κ2) is 6.54. The van der Waals surface area contributed by atoms with Crippen LogP contribution in [-0.4, -0.2) is 28.1 Å². The Labute approximate surface area is 123 Å². The van der Waals surface area contributed by atoms with Crippen LogP contribution in [0.2, 0.25) is 4.34 Å². The van der Waals surface area contributed by atoms with Gasteiger partial charge in [-0.1, -0.05) is 11.6 Å². The number of rotatable bonds is 5. The summed E-state index contributed by atoms with van der Waals surface area (Å²) in [4.78, 5) is 0. The third-order valence-electron chi connectivity index (χ3n) is 3.34. The Bertz CT molecular complexity index is 502. The van der Waals surface area contributed by atoms with Crippen molar-refractivity contribution < 1.29 is 8.42 Å². The largest absolute Gasteiger partial charge is 0.316 e. The molecule has 0 saturated carbocycles. The van der Waals surface area contributed by atoms with Crippen molar-refractivity contribution >= 4 is 33.0 Å². The SMILES string of the molecule is Cc1cc(S(=O)(=O)NCCC2CCCNC2)sc1Cl. The van der Waals surface area contributed by atoms with Crippen molar-refractivity contribution in [1.29, 1.82) is 0 Å². The summed E-state index contributed by atoms with van der Waals surface area (Å²) in [6.45, 7) is 4.37. The summed E-state index contributed by atoms with van der Waals surface area (Å²) in [6.07, 6.45) is 3.24. The molecule has 19 heavy (non-hydrogen) atoms. The van der Waals surface area contributed by atoms with E-state index in [1.165, 1.54) is 12.8 Å². The quantitative estimate of drug-likeness (QED) is 0.875. The average molecular weight is 323 g/mol. The van der Waals surface area contributed by atoms with E-state index in [4.69, 9.17) is 11.6 Å². The third kappa shape index (κ3) is 4.16. The number of nitrogens with one attached hydrogen (secondary N) is 2. The van der Waals surface area contributed by atoms with Crippen molar-refractivity contribution in [3.8, 4) is 0 Å². The van der Waals surface area contributed by atoms with E-state index in [0.29, 0.717) is 21.0 Å². The van der Waals surface area contributed by atoms with Crippen LogP contribution < -0.4 is 10.0 Å². The predicted molar refractivity (Wildman–Crippen MR) is 79.5 cm³/mol. The molecule has 4 nitrogen and oxygen atoms in total. The van der Waals surface area contributed by atoms with Gasteiger partial charge in [-0.05, 0) is 56.8 Å². The van der Waals surface area contributed by atoms with E-state index in [9.17, 15) is 8.42 Å². The molecule has 1 unspecified atom stereocenters. The van der Waals surface area contributed by atoms with Gasteiger partial charge in [0.15, 0.2) is 0 Å². The standard InChI is InChI=1S/C12H19ClN2O2S2/c1-9-7-11(18-12(9)13)19(16,17)15-6-4-10-3-2-5-14-8-10/h7,10,14-15H,2-6,8H2,1H3. The molecule has 1 aliphatic rings. The van der Waals surface area contributed by atoms with Crippen molar-refractivity contribution in [3.63, 3.8) is 0 Å². The number of piperidine rings is 1. The van der Waals surface area contributed by atoms with Crippen LogP contribution in [0.5, 0.6) is 0 Å². The Balaban J connectivity index is 1.87. The molecule has 7 heteroatoms. The second-order valence-electron chi connectivity index (χ2n) is 4.92. The number of hydrogen-bond acceptors (Lipinski definition) is 4. The first kappa shape index (κ1) is 15.3. The van der Waals surface area contributed by atoms with Gasteiger partial charge in [-0.25, -0.2) is 13.1 Å². The number of sulfonamides is 1. The van der Waals surface area contributed by atoms with Gasteiger partial charge in [-0.2, -0.15) is 0 Å². The van der Waals surface area contributed by atoms with Crippen molar-refractivity contribution in [1.82, 2.24) is 10.0 Å². The van der Waals surface area contributed by atoms with Crippen molar-refractivity contribution in [2.45, 2.75) is 30.4 Å². The van der Waals surface area contributed by atoms with Gasteiger partial charge in [0.25, 0.3) is 0 Å². The van der Waals surface area contributed by atoms with Crippen molar-refractivity contribution in [2.75, 3.05) is 19.6 Å². The molecule has 1 saturated heterocycles. The van der Waals surface area contributed by atoms with Crippen LogP contribution in [0.4, 0.5) is 0 Å². The molecule has 1 aromatic rings. The highest BCUT2D eigenvalue weighted by molar-refractivity contribution is 7.91. The highest BCUT2D eigenvalue weighted by Crippen LogP contribution is 2.29. The maximum absolute atomic E-state index is 12.1. The maximum Gasteiger partial charge on any atom is 0.250 e. The molecular formula is C12H19ClN2O2S2. The van der Waals surface area contributed by atoms with E-state index in [0.717, 1.165) is 36.4 Å². The van der Waals surface area contributed by atoms with Gasteiger partial charge >= 0.3 is 0 Å². The minimum absolute atomic E-state index is 0.303. The zero-order chi connectivity index (χ0) is 13.9. The average Bonchev–Trinajstić information content (AvgIpc) is 2.72. The Morgan fingerprint density at radius 3 is 2.95 bits per heavy atom. The molecule has 108 valence electrons. The molecular weight excluding hydrogens is 304 g/mol. The zero-order valence-corrected chi connectivity index (χ0v) is 13.3. The summed E-state index contributed by atoms with van der Waals surface area (Å²) < 4.78 is 27.6. The smallest absolute Gasteiger partial charge is 0.250 e. The molecule has 1 aliphatic heterocycles. The van der Waals surface area contributed by atoms with Crippen molar-refractivity contribution in [3.05, 3.63) is 16.0 Å². The number of hydrogen-bond donors (Lipinski definition) is 2. The topological polar surface area (TPSA) is 58.2 Å². The van der Waals surface area contributed by atoms with Gasteiger partial charge in [0.1, 0.15) is 4.21 Å². The van der Waals surface area contributed by atoms with Crippen molar-refractivity contribution in [2.24, 2.45) is 5.92 Å². The summed E-state index contributed by atoms with van der Waals surface area (Å²) in [7, 11) is -3.40. The van der Waals surface area contributed by atoms with E-state index in [1.54, 1.807) is 6.07 Å². The van der Waals surface area contributed by atoms with Crippen LogP contribution in [0.3, 0.4) is 0 Å². The summed E-state index contributed by atoms with van der Waals surface area (Å²) in [5, 5.41) is 3.33. The molecule has 1 aromatic heterocycles. The summed E-state index contributed by atoms with van der Waals surface area (Å²) >= 11 is 7.02. The lowest BCUT2D eigenvalue weighted by atomic mass is 9.96. The minimum Gasteiger partial charge on any atom is -0.316 e. The Morgan fingerprint density at radius 2 is 2.37 bits per heavy atom. The van der Waals surface area contributed by atoms with Gasteiger partial charge in [0.05, 0.1) is 4.34 Å². The molecule has 0 spiro atoms. The summed E-state index contributed by atoms with van der Waals surface area (Å²) in [5.41, 5.74) is 0.809. The molecule has 0 amide bonds. The Kier molecular flexibility index (Phi) is 5.25.